The molecular formula is C27H33N3O3. The molecule has 1 aliphatic carbocycles. The standard InChI is InChI=1S/C27H33N3O3/c1-33-22-14-11-21(12-15-22)17-18-30(26(31)16-13-20-7-3-2-4-8-20)19-25-28-24-10-6-5-9-23(24)27(32)29-25/h2-4,7-8,11-16,23-25,28H,5-6,9-10,17-19H2,1H3,(H,29,32)/b16-13+. The van der Waals surface area contributed by atoms with Gasteiger partial charge in [0.05, 0.1) is 25.7 Å². The van der Waals surface area contributed by atoms with Crippen molar-refractivity contribution in [1.29, 1.82) is 0 Å². The van der Waals surface area contributed by atoms with Crippen molar-refractivity contribution in [1.82, 2.24) is 15.5 Å². The summed E-state index contributed by atoms with van der Waals surface area (Å²) in [6.07, 6.45) is 8.16. The number of hydrogen-bond donors (Lipinski definition) is 2. The molecule has 2 aliphatic rings. The van der Waals surface area contributed by atoms with E-state index in [1.54, 1.807) is 13.2 Å². The lowest BCUT2D eigenvalue weighted by molar-refractivity contribution is -0.133. The maximum Gasteiger partial charge on any atom is 0.246 e. The van der Waals surface area contributed by atoms with Gasteiger partial charge in [0, 0.05) is 18.7 Å². The second-order valence-corrected chi connectivity index (χ2v) is 8.85. The van der Waals surface area contributed by atoms with Crippen LogP contribution in [0.15, 0.2) is 60.7 Å². The Bertz CT molecular complexity index is 958. The van der Waals surface area contributed by atoms with Gasteiger partial charge in [-0.2, -0.15) is 0 Å². The lowest BCUT2D eigenvalue weighted by Crippen LogP contribution is -2.65. The highest BCUT2D eigenvalue weighted by Gasteiger charge is 2.37. The Balaban J connectivity index is 1.44. The Morgan fingerprint density at radius 2 is 1.85 bits per heavy atom. The average Bonchev–Trinajstić information content (AvgIpc) is 2.86. The summed E-state index contributed by atoms with van der Waals surface area (Å²) in [5.41, 5.74) is 2.11. The maximum absolute atomic E-state index is 13.2. The van der Waals surface area contributed by atoms with Gasteiger partial charge in [0.25, 0.3) is 0 Å². The molecular weight excluding hydrogens is 414 g/mol. The van der Waals surface area contributed by atoms with Gasteiger partial charge in [0.15, 0.2) is 0 Å². The van der Waals surface area contributed by atoms with Gasteiger partial charge in [0.1, 0.15) is 5.75 Å². The first-order valence-electron chi connectivity index (χ1n) is 11.8. The van der Waals surface area contributed by atoms with E-state index in [9.17, 15) is 9.59 Å². The van der Waals surface area contributed by atoms with Crippen LogP contribution in [0.1, 0.15) is 36.8 Å². The number of rotatable bonds is 8. The monoisotopic (exact) mass is 447 g/mol. The van der Waals surface area contributed by atoms with Gasteiger partial charge >= 0.3 is 0 Å². The molecule has 6 heteroatoms. The van der Waals surface area contributed by atoms with E-state index in [-0.39, 0.29) is 29.9 Å². The lowest BCUT2D eigenvalue weighted by Gasteiger charge is -2.41. The van der Waals surface area contributed by atoms with E-state index in [0.29, 0.717) is 13.1 Å². The predicted octanol–water partition coefficient (Wildman–Crippen LogP) is 3.38. The van der Waals surface area contributed by atoms with Gasteiger partial charge in [0.2, 0.25) is 11.8 Å². The van der Waals surface area contributed by atoms with Gasteiger partial charge in [-0.05, 0) is 48.6 Å². The summed E-state index contributed by atoms with van der Waals surface area (Å²) in [5, 5.41) is 6.70. The first-order valence-corrected chi connectivity index (χ1v) is 11.8. The van der Waals surface area contributed by atoms with E-state index < -0.39 is 0 Å². The molecule has 3 atom stereocenters. The third-order valence-corrected chi connectivity index (χ3v) is 6.60. The van der Waals surface area contributed by atoms with Gasteiger partial charge in [-0.15, -0.1) is 0 Å². The van der Waals surface area contributed by atoms with E-state index in [1.165, 1.54) is 0 Å². The number of nitrogens with zero attached hydrogens (tertiary/aromatic N) is 1. The third kappa shape index (κ3) is 6.23. The number of benzene rings is 2. The zero-order chi connectivity index (χ0) is 23.0. The largest absolute Gasteiger partial charge is 0.497 e. The van der Waals surface area contributed by atoms with Crippen LogP contribution in [0.3, 0.4) is 0 Å². The van der Waals surface area contributed by atoms with Crippen molar-refractivity contribution in [3.8, 4) is 5.75 Å². The number of amides is 2. The fourth-order valence-corrected chi connectivity index (χ4v) is 4.73. The topological polar surface area (TPSA) is 70.7 Å². The Morgan fingerprint density at radius 3 is 2.61 bits per heavy atom. The van der Waals surface area contributed by atoms with E-state index in [1.807, 2.05) is 65.6 Å². The highest BCUT2D eigenvalue weighted by molar-refractivity contribution is 5.92. The number of nitrogens with one attached hydrogen (secondary N) is 2. The molecule has 33 heavy (non-hydrogen) atoms. The number of carbonyl (C=O) groups excluding carboxylic acids is 2. The minimum absolute atomic E-state index is 0.0522. The molecule has 1 heterocycles. The number of fused-ring (bicyclic) bond motifs is 1. The highest BCUT2D eigenvalue weighted by atomic mass is 16.5. The minimum atomic E-state index is -0.234. The van der Waals surface area contributed by atoms with Gasteiger partial charge in [-0.25, -0.2) is 0 Å². The summed E-state index contributed by atoms with van der Waals surface area (Å²) in [6.45, 7) is 0.996. The number of carbonyl (C=O) groups is 2. The Hall–Kier alpha value is -3.12. The number of ether oxygens (including phenoxy) is 1. The molecule has 1 saturated heterocycles. The second-order valence-electron chi connectivity index (χ2n) is 8.85. The van der Waals surface area contributed by atoms with Crippen LogP contribution in [-0.2, 0) is 16.0 Å². The van der Waals surface area contributed by atoms with Crippen molar-refractivity contribution in [3.63, 3.8) is 0 Å². The molecule has 0 spiro atoms. The molecule has 2 aromatic rings. The van der Waals surface area contributed by atoms with Crippen LogP contribution in [0.25, 0.3) is 6.08 Å². The van der Waals surface area contributed by atoms with Crippen molar-refractivity contribution in [2.75, 3.05) is 20.2 Å². The smallest absolute Gasteiger partial charge is 0.246 e. The quantitative estimate of drug-likeness (QED) is 0.609. The summed E-state index contributed by atoms with van der Waals surface area (Å²) in [5.74, 6) is 0.921. The summed E-state index contributed by atoms with van der Waals surface area (Å²) in [4.78, 5) is 27.6. The highest BCUT2D eigenvalue weighted by Crippen LogP contribution is 2.27. The molecule has 2 fully saturated rings. The van der Waals surface area contributed by atoms with Crippen LogP contribution >= 0.6 is 0 Å². The van der Waals surface area contributed by atoms with E-state index >= 15 is 0 Å². The molecule has 1 aliphatic heterocycles. The minimum Gasteiger partial charge on any atom is -0.497 e. The molecule has 0 radical (unpaired) electrons. The molecule has 6 nitrogen and oxygen atoms in total. The zero-order valence-electron chi connectivity index (χ0n) is 19.2. The van der Waals surface area contributed by atoms with E-state index in [2.05, 4.69) is 10.6 Å². The molecule has 2 amide bonds. The molecule has 2 aromatic carbocycles. The Morgan fingerprint density at radius 1 is 1.09 bits per heavy atom. The SMILES string of the molecule is COc1ccc(CCN(CC2NC(=O)C3CCCCC3N2)C(=O)/C=C/c2ccccc2)cc1. The molecule has 4 rings (SSSR count). The molecule has 1 saturated carbocycles. The van der Waals surface area contributed by atoms with Crippen LogP contribution < -0.4 is 15.4 Å². The zero-order valence-corrected chi connectivity index (χ0v) is 19.2. The maximum atomic E-state index is 13.2. The lowest BCUT2D eigenvalue weighted by atomic mass is 9.82. The van der Waals surface area contributed by atoms with Crippen LogP contribution in [0, 0.1) is 5.92 Å². The van der Waals surface area contributed by atoms with Crippen molar-refractivity contribution >= 4 is 17.9 Å². The van der Waals surface area contributed by atoms with Crippen molar-refractivity contribution in [3.05, 3.63) is 71.8 Å². The summed E-state index contributed by atoms with van der Waals surface area (Å²) >= 11 is 0. The molecule has 174 valence electrons. The predicted molar refractivity (Wildman–Crippen MR) is 130 cm³/mol. The summed E-state index contributed by atoms with van der Waals surface area (Å²) in [6, 6.07) is 17.9. The van der Waals surface area contributed by atoms with Crippen molar-refractivity contribution in [2.45, 2.75) is 44.3 Å². The average molecular weight is 448 g/mol. The van der Waals surface area contributed by atoms with Gasteiger partial charge in [-0.1, -0.05) is 55.3 Å². The Labute approximate surface area is 196 Å². The summed E-state index contributed by atoms with van der Waals surface area (Å²) in [7, 11) is 1.65. The van der Waals surface area contributed by atoms with Gasteiger partial charge < -0.3 is 15.0 Å². The van der Waals surface area contributed by atoms with Crippen LogP contribution in [-0.4, -0.2) is 49.1 Å². The Kier molecular flexibility index (Phi) is 7.79. The first kappa shape index (κ1) is 23.1. The number of hydrogen-bond acceptors (Lipinski definition) is 4. The second kappa shape index (κ2) is 11.1. The van der Waals surface area contributed by atoms with E-state index in [0.717, 1.165) is 49.0 Å². The normalized spacial score (nSPS) is 22.5. The molecule has 2 N–H and O–H groups in total. The molecule has 3 unspecified atom stereocenters. The molecule has 0 bridgehead atoms. The van der Waals surface area contributed by atoms with Crippen LogP contribution in [0.5, 0.6) is 5.75 Å². The van der Waals surface area contributed by atoms with E-state index in [4.69, 9.17) is 4.74 Å². The van der Waals surface area contributed by atoms with Crippen LogP contribution in [0.2, 0.25) is 0 Å². The van der Waals surface area contributed by atoms with Crippen molar-refractivity contribution < 1.29 is 14.3 Å². The number of methoxy groups -OCH3 is 1. The molecule has 0 aromatic heterocycles. The summed E-state index contributed by atoms with van der Waals surface area (Å²) < 4.78 is 5.24. The fourth-order valence-electron chi connectivity index (χ4n) is 4.73. The fraction of sp³-hybridized carbons (Fsp3) is 0.407. The third-order valence-electron chi connectivity index (χ3n) is 6.60. The van der Waals surface area contributed by atoms with Gasteiger partial charge in [-0.3, -0.25) is 14.9 Å². The van der Waals surface area contributed by atoms with Crippen LogP contribution in [0.4, 0.5) is 0 Å². The van der Waals surface area contributed by atoms with Crippen molar-refractivity contribution in [2.24, 2.45) is 5.92 Å². The first-order chi connectivity index (χ1) is 16.1.